The average molecular weight is 349 g/mol. The van der Waals surface area contributed by atoms with Crippen LogP contribution in [0.15, 0.2) is 76.2 Å². The van der Waals surface area contributed by atoms with Gasteiger partial charge in [0.15, 0.2) is 0 Å². The molecule has 0 amide bonds. The second kappa shape index (κ2) is 6.41. The number of hydrogen-bond acceptors (Lipinski definition) is 4. The van der Waals surface area contributed by atoms with Crippen molar-refractivity contribution < 1.29 is 4.39 Å². The van der Waals surface area contributed by atoms with E-state index in [0.717, 1.165) is 11.1 Å². The molecule has 0 N–H and O–H groups in total. The number of thiophene rings is 1. The molecule has 4 aromatic rings. The number of hydrogen-bond donors (Lipinski definition) is 0. The Balaban J connectivity index is 1.81. The fourth-order valence-corrected chi connectivity index (χ4v) is 3.46. The number of halogens is 1. The van der Waals surface area contributed by atoms with E-state index in [1.54, 1.807) is 12.1 Å². The minimum absolute atomic E-state index is 0.252. The van der Waals surface area contributed by atoms with Gasteiger partial charge in [-0.05, 0) is 23.3 Å². The van der Waals surface area contributed by atoms with Gasteiger partial charge in [-0.3, -0.25) is 4.79 Å². The molecule has 25 heavy (non-hydrogen) atoms. The molecular weight excluding hydrogens is 337 g/mol. The highest BCUT2D eigenvalue weighted by atomic mass is 32.1. The zero-order chi connectivity index (χ0) is 17.2. The van der Waals surface area contributed by atoms with Crippen LogP contribution >= 0.6 is 11.3 Å². The first-order valence-electron chi connectivity index (χ1n) is 7.56. The Kier molecular flexibility index (Phi) is 3.95. The van der Waals surface area contributed by atoms with Crippen LogP contribution in [0.25, 0.3) is 21.3 Å². The molecule has 0 saturated carbocycles. The van der Waals surface area contributed by atoms with E-state index < -0.39 is 0 Å². The normalized spacial score (nSPS) is 11.4. The molecule has 4 rings (SSSR count). The van der Waals surface area contributed by atoms with Crippen molar-refractivity contribution in [2.45, 2.75) is 0 Å². The maximum absolute atomic E-state index is 13.2. The van der Waals surface area contributed by atoms with Gasteiger partial charge in [0, 0.05) is 10.9 Å². The summed E-state index contributed by atoms with van der Waals surface area (Å²) in [7, 11) is 0. The molecule has 0 fully saturated rings. The monoisotopic (exact) mass is 349 g/mol. The van der Waals surface area contributed by atoms with E-state index in [9.17, 15) is 9.18 Å². The zero-order valence-corrected chi connectivity index (χ0v) is 13.8. The van der Waals surface area contributed by atoms with Gasteiger partial charge in [0.1, 0.15) is 17.0 Å². The molecule has 0 atom stereocenters. The first-order chi connectivity index (χ1) is 12.2. The van der Waals surface area contributed by atoms with Crippen LogP contribution in [0.2, 0.25) is 0 Å². The molecule has 122 valence electrons. The highest BCUT2D eigenvalue weighted by molar-refractivity contribution is 7.17. The van der Waals surface area contributed by atoms with E-state index in [-0.39, 0.29) is 11.4 Å². The first-order valence-corrected chi connectivity index (χ1v) is 8.44. The Hall–Kier alpha value is -3.12. The lowest BCUT2D eigenvalue weighted by Gasteiger charge is -2.01. The molecule has 0 aliphatic carbocycles. The smallest absolute Gasteiger partial charge is 0.267 e. The summed E-state index contributed by atoms with van der Waals surface area (Å²) in [6.45, 7) is 0. The molecule has 0 aliphatic rings. The van der Waals surface area contributed by atoms with Gasteiger partial charge in [-0.25, -0.2) is 9.37 Å². The second-order valence-corrected chi connectivity index (χ2v) is 6.25. The quantitative estimate of drug-likeness (QED) is 0.522. The van der Waals surface area contributed by atoms with Gasteiger partial charge in [-0.15, -0.1) is 11.3 Å². The van der Waals surface area contributed by atoms with E-state index in [1.165, 1.54) is 40.7 Å². The van der Waals surface area contributed by atoms with Crippen LogP contribution in [0, 0.1) is 5.82 Å². The summed E-state index contributed by atoms with van der Waals surface area (Å²) in [4.78, 5) is 17.8. The summed E-state index contributed by atoms with van der Waals surface area (Å²) in [5, 5.41) is 6.60. The average Bonchev–Trinajstić information content (AvgIpc) is 3.07. The van der Waals surface area contributed by atoms with Gasteiger partial charge in [-0.1, -0.05) is 42.5 Å². The number of rotatable bonds is 3. The lowest BCUT2D eigenvalue weighted by molar-refractivity contribution is 0.627. The molecule has 6 heteroatoms. The third kappa shape index (κ3) is 2.99. The topological polar surface area (TPSA) is 47.2 Å². The van der Waals surface area contributed by atoms with Crippen LogP contribution in [0.1, 0.15) is 5.56 Å². The number of nitrogens with zero attached hydrogens (tertiary/aromatic N) is 3. The van der Waals surface area contributed by atoms with E-state index in [0.29, 0.717) is 15.8 Å². The Morgan fingerprint density at radius 1 is 1.12 bits per heavy atom. The van der Waals surface area contributed by atoms with E-state index in [4.69, 9.17) is 0 Å². The van der Waals surface area contributed by atoms with Gasteiger partial charge < -0.3 is 0 Å². The standard InChI is InChI=1S/C19H12FN3OS/c20-15-8-4-5-13(9-15)10-22-23-12-21-18-17(19(23)24)16(11-25-18)14-6-2-1-3-7-14/h1-12H/b22-10-. The molecule has 0 spiro atoms. The molecule has 0 radical (unpaired) electrons. The third-order valence-corrected chi connectivity index (χ3v) is 4.63. The summed E-state index contributed by atoms with van der Waals surface area (Å²) < 4.78 is 14.4. The predicted molar refractivity (Wildman–Crippen MR) is 98.7 cm³/mol. The van der Waals surface area contributed by atoms with Crippen molar-refractivity contribution in [2.75, 3.05) is 0 Å². The van der Waals surface area contributed by atoms with Crippen molar-refractivity contribution in [1.82, 2.24) is 9.66 Å². The molecular formula is C19H12FN3OS. The Morgan fingerprint density at radius 2 is 1.96 bits per heavy atom. The maximum Gasteiger partial charge on any atom is 0.283 e. The molecule has 2 aromatic carbocycles. The van der Waals surface area contributed by atoms with Crippen LogP contribution in [0.3, 0.4) is 0 Å². The number of fused-ring (bicyclic) bond motifs is 1. The second-order valence-electron chi connectivity index (χ2n) is 5.39. The van der Waals surface area contributed by atoms with E-state index >= 15 is 0 Å². The molecule has 4 nitrogen and oxygen atoms in total. The molecule has 2 heterocycles. The predicted octanol–water partition coefficient (Wildman–Crippen LogP) is 4.15. The van der Waals surface area contributed by atoms with E-state index in [1.807, 2.05) is 35.7 Å². The minimum Gasteiger partial charge on any atom is -0.267 e. The molecule has 0 aliphatic heterocycles. The van der Waals surface area contributed by atoms with E-state index in [2.05, 4.69) is 10.1 Å². The van der Waals surface area contributed by atoms with Gasteiger partial charge in [-0.2, -0.15) is 9.78 Å². The minimum atomic E-state index is -0.353. The van der Waals surface area contributed by atoms with Crippen LogP contribution in [0.4, 0.5) is 4.39 Å². The highest BCUT2D eigenvalue weighted by Gasteiger charge is 2.12. The van der Waals surface area contributed by atoms with Crippen molar-refractivity contribution in [3.8, 4) is 11.1 Å². The van der Waals surface area contributed by atoms with Crippen LogP contribution in [-0.4, -0.2) is 15.9 Å². The summed E-state index contributed by atoms with van der Waals surface area (Å²) in [5.41, 5.74) is 2.12. The van der Waals surface area contributed by atoms with Crippen LogP contribution in [0.5, 0.6) is 0 Å². The molecule has 0 bridgehead atoms. The lowest BCUT2D eigenvalue weighted by Crippen LogP contribution is -2.16. The SMILES string of the molecule is O=c1c2c(-c3ccccc3)csc2ncn1/N=C\c1cccc(F)c1. The van der Waals surface area contributed by atoms with Crippen molar-refractivity contribution in [3.05, 3.63) is 88.0 Å². The summed E-state index contributed by atoms with van der Waals surface area (Å²) in [6, 6.07) is 15.7. The Labute approximate surface area is 146 Å². The number of aromatic nitrogens is 2. The molecule has 2 aromatic heterocycles. The van der Waals surface area contributed by atoms with Crippen LogP contribution in [-0.2, 0) is 0 Å². The summed E-state index contributed by atoms with van der Waals surface area (Å²) in [5.74, 6) is -0.353. The van der Waals surface area contributed by atoms with Gasteiger partial charge in [0.05, 0.1) is 11.6 Å². The Morgan fingerprint density at radius 3 is 2.76 bits per heavy atom. The summed E-state index contributed by atoms with van der Waals surface area (Å²) >= 11 is 1.42. The number of benzene rings is 2. The van der Waals surface area contributed by atoms with Crippen molar-refractivity contribution in [2.24, 2.45) is 5.10 Å². The van der Waals surface area contributed by atoms with Gasteiger partial charge >= 0.3 is 0 Å². The van der Waals surface area contributed by atoms with Crippen LogP contribution < -0.4 is 5.56 Å². The van der Waals surface area contributed by atoms with Crippen molar-refractivity contribution >= 4 is 27.8 Å². The Bertz CT molecular complexity index is 1130. The van der Waals surface area contributed by atoms with Gasteiger partial charge in [0.2, 0.25) is 0 Å². The van der Waals surface area contributed by atoms with Gasteiger partial charge in [0.25, 0.3) is 5.56 Å². The maximum atomic E-state index is 13.2. The lowest BCUT2D eigenvalue weighted by atomic mass is 10.1. The fraction of sp³-hybridized carbons (Fsp3) is 0. The van der Waals surface area contributed by atoms with Crippen molar-refractivity contribution in [1.29, 1.82) is 0 Å². The highest BCUT2D eigenvalue weighted by Crippen LogP contribution is 2.30. The fourth-order valence-electron chi connectivity index (χ4n) is 2.55. The zero-order valence-electron chi connectivity index (χ0n) is 13.0. The molecule has 0 unspecified atom stereocenters. The third-order valence-electron chi connectivity index (χ3n) is 3.74. The summed E-state index contributed by atoms with van der Waals surface area (Å²) in [6.07, 6.45) is 2.82. The van der Waals surface area contributed by atoms with Crippen molar-refractivity contribution in [3.63, 3.8) is 0 Å². The molecule has 0 saturated heterocycles. The largest absolute Gasteiger partial charge is 0.283 e. The first kappa shape index (κ1) is 15.4.